The van der Waals surface area contributed by atoms with E-state index in [4.69, 9.17) is 11.0 Å². The van der Waals surface area contributed by atoms with Crippen LogP contribution in [0.3, 0.4) is 0 Å². The highest BCUT2D eigenvalue weighted by Gasteiger charge is 2.07. The molecule has 0 aliphatic carbocycles. The highest BCUT2D eigenvalue weighted by Crippen LogP contribution is 2.14. The van der Waals surface area contributed by atoms with E-state index in [1.165, 1.54) is 0 Å². The van der Waals surface area contributed by atoms with Crippen LogP contribution < -0.4 is 5.73 Å². The molecule has 2 N–H and O–H groups in total. The lowest BCUT2D eigenvalue weighted by molar-refractivity contribution is -0.115. The Bertz CT molecular complexity index is 396. The minimum atomic E-state index is 0.0344. The first kappa shape index (κ1) is 10.7. The van der Waals surface area contributed by atoms with Gasteiger partial charge in [0.25, 0.3) is 0 Å². The minimum Gasteiger partial charge on any atom is -0.399 e. The second-order valence-electron chi connectivity index (χ2n) is 2.88. The molecule has 0 aliphatic rings. The van der Waals surface area contributed by atoms with Gasteiger partial charge in [0.1, 0.15) is 5.78 Å². The molecule has 0 saturated carbocycles. The van der Waals surface area contributed by atoms with E-state index < -0.39 is 0 Å². The summed E-state index contributed by atoms with van der Waals surface area (Å²) in [6, 6.07) is 6.98. The van der Waals surface area contributed by atoms with E-state index in [1.807, 2.05) is 6.07 Å². The average Bonchev–Trinajstić information content (AvgIpc) is 2.18. The van der Waals surface area contributed by atoms with Crippen LogP contribution in [0, 0.1) is 11.3 Å². The summed E-state index contributed by atoms with van der Waals surface area (Å²) >= 11 is 3.07. The fourth-order valence-corrected chi connectivity index (χ4v) is 1.33. The van der Waals surface area contributed by atoms with E-state index in [0.717, 1.165) is 0 Å². The summed E-state index contributed by atoms with van der Waals surface area (Å²) < 4.78 is 0. The van der Waals surface area contributed by atoms with Crippen LogP contribution in [0.25, 0.3) is 0 Å². The van der Waals surface area contributed by atoms with Gasteiger partial charge in [-0.25, -0.2) is 0 Å². The zero-order valence-corrected chi connectivity index (χ0v) is 9.04. The number of ketones is 1. The lowest BCUT2D eigenvalue weighted by Gasteiger charge is -2.02. The third-order valence-electron chi connectivity index (χ3n) is 1.79. The van der Waals surface area contributed by atoms with Crippen molar-refractivity contribution in [2.45, 2.75) is 6.42 Å². The highest BCUT2D eigenvalue weighted by molar-refractivity contribution is 9.09. The Morgan fingerprint density at radius 1 is 1.57 bits per heavy atom. The topological polar surface area (TPSA) is 66.9 Å². The van der Waals surface area contributed by atoms with Crippen molar-refractivity contribution in [2.75, 3.05) is 11.1 Å². The number of nitrogens with two attached hydrogens (primary N) is 1. The van der Waals surface area contributed by atoms with E-state index in [1.54, 1.807) is 18.2 Å². The number of rotatable bonds is 3. The lowest BCUT2D eigenvalue weighted by atomic mass is 10.0. The van der Waals surface area contributed by atoms with Crippen molar-refractivity contribution >= 4 is 27.4 Å². The molecule has 4 heteroatoms. The zero-order valence-electron chi connectivity index (χ0n) is 7.46. The van der Waals surface area contributed by atoms with Gasteiger partial charge in [-0.05, 0) is 23.8 Å². The van der Waals surface area contributed by atoms with Gasteiger partial charge in [0.2, 0.25) is 0 Å². The van der Waals surface area contributed by atoms with Crippen molar-refractivity contribution in [3.05, 3.63) is 29.3 Å². The summed E-state index contributed by atoms with van der Waals surface area (Å²) in [6.45, 7) is 0. The van der Waals surface area contributed by atoms with Gasteiger partial charge in [-0.15, -0.1) is 0 Å². The first-order valence-corrected chi connectivity index (χ1v) is 5.15. The van der Waals surface area contributed by atoms with E-state index in [0.29, 0.717) is 22.1 Å². The van der Waals surface area contributed by atoms with Crippen molar-refractivity contribution in [1.82, 2.24) is 0 Å². The van der Waals surface area contributed by atoms with Crippen molar-refractivity contribution in [3.63, 3.8) is 0 Å². The second-order valence-corrected chi connectivity index (χ2v) is 3.44. The largest absolute Gasteiger partial charge is 0.399 e. The van der Waals surface area contributed by atoms with Gasteiger partial charge in [0, 0.05) is 12.1 Å². The number of hydrogen-bond acceptors (Lipinski definition) is 3. The van der Waals surface area contributed by atoms with Gasteiger partial charge in [0.05, 0.1) is 17.0 Å². The van der Waals surface area contributed by atoms with Crippen LogP contribution in [0.5, 0.6) is 0 Å². The number of benzene rings is 1. The molecule has 0 fully saturated rings. The van der Waals surface area contributed by atoms with Crippen LogP contribution in [0.2, 0.25) is 0 Å². The molecule has 0 aliphatic heterocycles. The number of anilines is 1. The molecule has 0 radical (unpaired) electrons. The zero-order chi connectivity index (χ0) is 10.6. The number of carbonyl (C=O) groups excluding carboxylic acids is 1. The van der Waals surface area contributed by atoms with Gasteiger partial charge < -0.3 is 5.73 Å². The summed E-state index contributed by atoms with van der Waals surface area (Å²) in [7, 11) is 0. The van der Waals surface area contributed by atoms with Gasteiger partial charge in [-0.2, -0.15) is 5.26 Å². The van der Waals surface area contributed by atoms with Crippen LogP contribution in [0.1, 0.15) is 11.1 Å². The fraction of sp³-hybridized carbons (Fsp3) is 0.200. The van der Waals surface area contributed by atoms with Crippen LogP contribution >= 0.6 is 15.9 Å². The molecule has 0 spiro atoms. The molecule has 0 amide bonds. The predicted octanol–water partition coefficient (Wildman–Crippen LogP) is 1.65. The number of carbonyl (C=O) groups is 1. The molecule has 3 nitrogen and oxygen atoms in total. The molecule has 1 aromatic carbocycles. The van der Waals surface area contributed by atoms with Crippen molar-refractivity contribution in [2.24, 2.45) is 0 Å². The summed E-state index contributed by atoms with van der Waals surface area (Å²) in [4.78, 5) is 11.2. The third-order valence-corrected chi connectivity index (χ3v) is 2.41. The molecule has 0 saturated heterocycles. The number of hydrogen-bond donors (Lipinski definition) is 1. The molecule has 14 heavy (non-hydrogen) atoms. The van der Waals surface area contributed by atoms with Crippen molar-refractivity contribution in [1.29, 1.82) is 5.26 Å². The Morgan fingerprint density at radius 3 is 2.86 bits per heavy atom. The number of Topliss-reactive ketones (excluding diaryl/α,β-unsaturated/α-hetero) is 1. The lowest BCUT2D eigenvalue weighted by Crippen LogP contribution is -2.05. The Balaban J connectivity index is 3.00. The fourth-order valence-electron chi connectivity index (χ4n) is 1.13. The SMILES string of the molecule is N#Cc1ccc(N)cc1CC(=O)CBr. The molecule has 0 bridgehead atoms. The van der Waals surface area contributed by atoms with Crippen LogP contribution in [-0.4, -0.2) is 11.1 Å². The maximum Gasteiger partial charge on any atom is 0.147 e. The van der Waals surface area contributed by atoms with Crippen LogP contribution in [-0.2, 0) is 11.2 Å². The quantitative estimate of drug-likeness (QED) is 0.657. The van der Waals surface area contributed by atoms with Gasteiger partial charge in [0.15, 0.2) is 0 Å². The molecule has 1 rings (SSSR count). The maximum absolute atomic E-state index is 11.2. The van der Waals surface area contributed by atoms with E-state index in [9.17, 15) is 4.79 Å². The molecular weight excluding hydrogens is 244 g/mol. The highest BCUT2D eigenvalue weighted by atomic mass is 79.9. The molecule has 0 unspecified atom stereocenters. The average molecular weight is 253 g/mol. The molecule has 1 aromatic rings. The standard InChI is InChI=1S/C10H9BrN2O/c11-5-10(14)4-8-3-9(13)2-1-7(8)6-12/h1-3H,4-5,13H2. The summed E-state index contributed by atoms with van der Waals surface area (Å²) in [5, 5.41) is 9.08. The van der Waals surface area contributed by atoms with E-state index >= 15 is 0 Å². The number of alkyl halides is 1. The Labute approximate surface area is 90.7 Å². The first-order chi connectivity index (χ1) is 6.67. The van der Waals surface area contributed by atoms with Crippen LogP contribution in [0.15, 0.2) is 18.2 Å². The molecule has 0 atom stereocenters. The molecule has 0 aromatic heterocycles. The van der Waals surface area contributed by atoms with Gasteiger partial charge in [-0.1, -0.05) is 15.9 Å². The molecule has 72 valence electrons. The summed E-state index contributed by atoms with van der Waals surface area (Å²) in [6.07, 6.45) is 0.249. The Kier molecular flexibility index (Phi) is 3.66. The van der Waals surface area contributed by atoms with Gasteiger partial charge >= 0.3 is 0 Å². The van der Waals surface area contributed by atoms with E-state index in [2.05, 4.69) is 15.9 Å². The third kappa shape index (κ3) is 2.57. The second kappa shape index (κ2) is 4.77. The van der Waals surface area contributed by atoms with Crippen molar-refractivity contribution < 1.29 is 4.79 Å². The smallest absolute Gasteiger partial charge is 0.147 e. The number of nitrogen functional groups attached to an aromatic ring is 1. The number of nitrogens with zero attached hydrogens (tertiary/aromatic N) is 1. The first-order valence-electron chi connectivity index (χ1n) is 4.03. The molecular formula is C10H9BrN2O. The summed E-state index contributed by atoms with van der Waals surface area (Å²) in [5.41, 5.74) is 7.34. The summed E-state index contributed by atoms with van der Waals surface area (Å²) in [5.74, 6) is 0.0344. The monoisotopic (exact) mass is 252 g/mol. The minimum absolute atomic E-state index is 0.0344. The Morgan fingerprint density at radius 2 is 2.29 bits per heavy atom. The van der Waals surface area contributed by atoms with E-state index in [-0.39, 0.29) is 12.2 Å². The number of halogens is 1. The van der Waals surface area contributed by atoms with Gasteiger partial charge in [-0.3, -0.25) is 4.79 Å². The molecule has 0 heterocycles. The Hall–Kier alpha value is -1.34. The predicted molar refractivity (Wildman–Crippen MR) is 58.1 cm³/mol. The maximum atomic E-state index is 11.2. The van der Waals surface area contributed by atoms with Crippen LogP contribution in [0.4, 0.5) is 5.69 Å². The van der Waals surface area contributed by atoms with Crippen molar-refractivity contribution in [3.8, 4) is 6.07 Å². The normalized spacial score (nSPS) is 9.43. The number of nitriles is 1.